The first-order valence-corrected chi connectivity index (χ1v) is 7.71. The Morgan fingerprint density at radius 2 is 2.16 bits per heavy atom. The first kappa shape index (κ1) is 15.8. The number of thiazole rings is 1. The molecule has 6 heteroatoms. The largest absolute Gasteiger partial charge is 0.382 e. The van der Waals surface area contributed by atoms with Gasteiger partial charge in [-0.3, -0.25) is 4.79 Å². The molecule has 5 nitrogen and oxygen atoms in total. The van der Waals surface area contributed by atoms with E-state index in [0.29, 0.717) is 15.8 Å². The SMILES string of the molecule is CCCCCC(C)NC(=O)c1sc(NCC)nc1N. The minimum Gasteiger partial charge on any atom is -0.382 e. The number of carbonyl (C=O) groups excluding carboxylic acids is 1. The highest BCUT2D eigenvalue weighted by molar-refractivity contribution is 7.18. The molecule has 0 bridgehead atoms. The maximum atomic E-state index is 12.1. The topological polar surface area (TPSA) is 80.0 Å². The molecule has 0 spiro atoms. The third kappa shape index (κ3) is 5.06. The Morgan fingerprint density at radius 1 is 1.42 bits per heavy atom. The van der Waals surface area contributed by atoms with E-state index in [2.05, 4.69) is 22.5 Å². The van der Waals surface area contributed by atoms with E-state index in [-0.39, 0.29) is 11.9 Å². The Bertz CT molecular complexity index is 405. The van der Waals surface area contributed by atoms with Gasteiger partial charge in [0.15, 0.2) is 5.13 Å². The smallest absolute Gasteiger partial charge is 0.265 e. The Balaban J connectivity index is 2.52. The van der Waals surface area contributed by atoms with Crippen LogP contribution in [0.1, 0.15) is 56.1 Å². The second-order valence-electron chi connectivity index (χ2n) is 4.63. The molecule has 0 aliphatic heterocycles. The molecule has 0 aromatic carbocycles. The van der Waals surface area contributed by atoms with Crippen molar-refractivity contribution in [2.24, 2.45) is 0 Å². The molecule has 4 N–H and O–H groups in total. The lowest BCUT2D eigenvalue weighted by atomic mass is 10.1. The van der Waals surface area contributed by atoms with Gasteiger partial charge in [-0.15, -0.1) is 0 Å². The molecule has 1 heterocycles. The van der Waals surface area contributed by atoms with E-state index in [1.54, 1.807) is 0 Å². The van der Waals surface area contributed by atoms with Crippen LogP contribution in [0.15, 0.2) is 0 Å². The average Bonchev–Trinajstić information content (AvgIpc) is 2.71. The molecular formula is C13H24N4OS. The van der Waals surface area contributed by atoms with E-state index in [4.69, 9.17) is 5.73 Å². The van der Waals surface area contributed by atoms with Crippen molar-refractivity contribution in [2.75, 3.05) is 17.6 Å². The molecule has 0 fully saturated rings. The number of rotatable bonds is 8. The van der Waals surface area contributed by atoms with Gasteiger partial charge >= 0.3 is 0 Å². The van der Waals surface area contributed by atoms with Gasteiger partial charge in [0, 0.05) is 12.6 Å². The number of amides is 1. The highest BCUT2D eigenvalue weighted by atomic mass is 32.1. The van der Waals surface area contributed by atoms with E-state index in [1.807, 2.05) is 13.8 Å². The minimum atomic E-state index is -0.122. The number of anilines is 2. The fraction of sp³-hybridized carbons (Fsp3) is 0.692. The Morgan fingerprint density at radius 3 is 2.79 bits per heavy atom. The van der Waals surface area contributed by atoms with Crippen LogP contribution in [0.3, 0.4) is 0 Å². The molecule has 1 aromatic heterocycles. The first-order chi connectivity index (χ1) is 9.08. The van der Waals surface area contributed by atoms with Crippen molar-refractivity contribution >= 4 is 28.2 Å². The maximum absolute atomic E-state index is 12.1. The summed E-state index contributed by atoms with van der Waals surface area (Å²) in [5.74, 6) is 0.183. The van der Waals surface area contributed by atoms with Gasteiger partial charge in [-0.25, -0.2) is 4.98 Å². The van der Waals surface area contributed by atoms with E-state index in [1.165, 1.54) is 24.2 Å². The molecule has 19 heavy (non-hydrogen) atoms. The monoisotopic (exact) mass is 284 g/mol. The van der Waals surface area contributed by atoms with Crippen molar-refractivity contribution < 1.29 is 4.79 Å². The summed E-state index contributed by atoms with van der Waals surface area (Å²) in [6, 6.07) is 0.170. The summed E-state index contributed by atoms with van der Waals surface area (Å²) >= 11 is 1.30. The predicted octanol–water partition coefficient (Wildman–Crippen LogP) is 2.86. The second kappa shape index (κ2) is 7.99. The van der Waals surface area contributed by atoms with Crippen LogP contribution in [0, 0.1) is 0 Å². The van der Waals surface area contributed by atoms with Gasteiger partial charge in [0.25, 0.3) is 5.91 Å². The van der Waals surface area contributed by atoms with Gasteiger partial charge in [0.2, 0.25) is 0 Å². The van der Waals surface area contributed by atoms with Crippen molar-refractivity contribution in [1.29, 1.82) is 0 Å². The van der Waals surface area contributed by atoms with Crippen molar-refractivity contribution in [2.45, 2.75) is 52.5 Å². The van der Waals surface area contributed by atoms with Gasteiger partial charge in [0.05, 0.1) is 0 Å². The molecule has 108 valence electrons. The van der Waals surface area contributed by atoms with Crippen molar-refractivity contribution in [1.82, 2.24) is 10.3 Å². The maximum Gasteiger partial charge on any atom is 0.265 e. The van der Waals surface area contributed by atoms with Crippen LogP contribution < -0.4 is 16.4 Å². The number of nitrogens with zero attached hydrogens (tertiary/aromatic N) is 1. The lowest BCUT2D eigenvalue weighted by Gasteiger charge is -2.12. The fourth-order valence-corrected chi connectivity index (χ4v) is 2.64. The number of nitrogens with two attached hydrogens (primary N) is 1. The van der Waals surface area contributed by atoms with Crippen molar-refractivity contribution in [3.05, 3.63) is 4.88 Å². The summed E-state index contributed by atoms with van der Waals surface area (Å²) in [6.07, 6.45) is 4.53. The summed E-state index contributed by atoms with van der Waals surface area (Å²) < 4.78 is 0. The molecule has 1 unspecified atom stereocenters. The number of aromatic nitrogens is 1. The Kier molecular flexibility index (Phi) is 6.62. The molecule has 1 atom stereocenters. The number of hydrogen-bond acceptors (Lipinski definition) is 5. The van der Waals surface area contributed by atoms with E-state index >= 15 is 0 Å². The summed E-state index contributed by atoms with van der Waals surface area (Å²) in [5, 5.41) is 6.74. The van der Waals surface area contributed by atoms with Crippen LogP contribution in [0.25, 0.3) is 0 Å². The molecule has 0 aliphatic carbocycles. The molecule has 0 saturated heterocycles. The normalized spacial score (nSPS) is 12.2. The van der Waals surface area contributed by atoms with Gasteiger partial charge in [0.1, 0.15) is 10.7 Å². The van der Waals surface area contributed by atoms with Gasteiger partial charge in [-0.2, -0.15) is 0 Å². The van der Waals surface area contributed by atoms with Crippen LogP contribution in [-0.2, 0) is 0 Å². The van der Waals surface area contributed by atoms with Crippen LogP contribution in [0.2, 0.25) is 0 Å². The quantitative estimate of drug-likeness (QED) is 0.641. The molecule has 1 rings (SSSR count). The highest BCUT2D eigenvalue weighted by Crippen LogP contribution is 2.24. The zero-order valence-electron chi connectivity index (χ0n) is 12.0. The number of unbranched alkanes of at least 4 members (excludes halogenated alkanes) is 2. The fourth-order valence-electron chi connectivity index (χ4n) is 1.78. The molecule has 0 radical (unpaired) electrons. The summed E-state index contributed by atoms with van der Waals surface area (Å²) in [6.45, 7) is 6.94. The van der Waals surface area contributed by atoms with E-state index < -0.39 is 0 Å². The predicted molar refractivity (Wildman–Crippen MR) is 81.8 cm³/mol. The zero-order valence-corrected chi connectivity index (χ0v) is 12.8. The lowest BCUT2D eigenvalue weighted by molar-refractivity contribution is 0.0942. The number of nitrogens with one attached hydrogen (secondary N) is 2. The number of nitrogen functional groups attached to an aromatic ring is 1. The van der Waals surface area contributed by atoms with Crippen LogP contribution in [0.5, 0.6) is 0 Å². The Hall–Kier alpha value is -1.30. The van der Waals surface area contributed by atoms with E-state index in [0.717, 1.165) is 19.4 Å². The van der Waals surface area contributed by atoms with Crippen molar-refractivity contribution in [3.63, 3.8) is 0 Å². The average molecular weight is 284 g/mol. The highest BCUT2D eigenvalue weighted by Gasteiger charge is 2.17. The summed E-state index contributed by atoms with van der Waals surface area (Å²) in [4.78, 5) is 16.7. The first-order valence-electron chi connectivity index (χ1n) is 6.89. The molecule has 0 aliphatic rings. The Labute approximate surface area is 119 Å². The molecule has 1 aromatic rings. The third-order valence-corrected chi connectivity index (χ3v) is 3.83. The summed E-state index contributed by atoms with van der Waals surface area (Å²) in [7, 11) is 0. The summed E-state index contributed by atoms with van der Waals surface area (Å²) in [5.41, 5.74) is 5.77. The number of carbonyl (C=O) groups is 1. The zero-order chi connectivity index (χ0) is 14.3. The third-order valence-electron chi connectivity index (χ3n) is 2.81. The van der Waals surface area contributed by atoms with Gasteiger partial charge < -0.3 is 16.4 Å². The van der Waals surface area contributed by atoms with Crippen LogP contribution >= 0.6 is 11.3 Å². The minimum absolute atomic E-state index is 0.122. The van der Waals surface area contributed by atoms with Gasteiger partial charge in [-0.1, -0.05) is 37.5 Å². The lowest BCUT2D eigenvalue weighted by Crippen LogP contribution is -2.32. The molecular weight excluding hydrogens is 260 g/mol. The van der Waals surface area contributed by atoms with Crippen LogP contribution in [0.4, 0.5) is 10.9 Å². The molecule has 0 saturated carbocycles. The van der Waals surface area contributed by atoms with E-state index in [9.17, 15) is 4.79 Å². The van der Waals surface area contributed by atoms with Crippen molar-refractivity contribution in [3.8, 4) is 0 Å². The number of hydrogen-bond donors (Lipinski definition) is 3. The second-order valence-corrected chi connectivity index (χ2v) is 5.63. The van der Waals surface area contributed by atoms with Crippen LogP contribution in [-0.4, -0.2) is 23.5 Å². The molecule has 1 amide bonds. The standard InChI is InChI=1S/C13H24N4OS/c1-4-6-7-8-9(3)16-12(18)10-11(14)17-13(19-10)15-5-2/h9H,4-8,14H2,1-3H3,(H,15,17)(H,16,18). The van der Waals surface area contributed by atoms with Gasteiger partial charge in [-0.05, 0) is 20.3 Å².